The van der Waals surface area contributed by atoms with Gasteiger partial charge in [-0.2, -0.15) is 13.2 Å². The summed E-state index contributed by atoms with van der Waals surface area (Å²) >= 11 is 0. The molecule has 1 atom stereocenters. The Labute approximate surface area is 90.7 Å². The van der Waals surface area contributed by atoms with E-state index in [-0.39, 0.29) is 5.56 Å². The lowest BCUT2D eigenvalue weighted by Crippen LogP contribution is -2.23. The number of carboxylic acids is 1. The molecule has 0 aliphatic carbocycles. The number of halogens is 3. The van der Waals surface area contributed by atoms with E-state index in [9.17, 15) is 18.0 Å². The molecule has 0 aliphatic heterocycles. The minimum atomic E-state index is -4.54. The second-order valence-corrected chi connectivity index (χ2v) is 3.61. The summed E-state index contributed by atoms with van der Waals surface area (Å²) in [5.74, 6) is -3.39. The first-order valence-corrected chi connectivity index (χ1v) is 4.66. The number of carboxylic acid groups (broad SMARTS) is 1. The third kappa shape index (κ3) is 3.25. The fourth-order valence-corrected chi connectivity index (χ4v) is 1.48. The van der Waals surface area contributed by atoms with E-state index in [4.69, 9.17) is 5.11 Å². The maximum absolute atomic E-state index is 12.6. The lowest BCUT2D eigenvalue weighted by Gasteiger charge is -2.19. The van der Waals surface area contributed by atoms with Gasteiger partial charge in [0, 0.05) is 0 Å². The van der Waals surface area contributed by atoms with Crippen molar-refractivity contribution in [1.29, 1.82) is 0 Å². The van der Waals surface area contributed by atoms with E-state index in [1.165, 1.54) is 18.2 Å². The SMILES string of the molecule is Cc1cccc(C(CC(=O)O)C(F)(F)F)c1. The van der Waals surface area contributed by atoms with E-state index in [1.807, 2.05) is 0 Å². The van der Waals surface area contributed by atoms with Gasteiger partial charge in [0.15, 0.2) is 0 Å². The predicted octanol–water partition coefficient (Wildman–Crippen LogP) is 3.12. The molecule has 1 rings (SSSR count). The first-order valence-electron chi connectivity index (χ1n) is 4.66. The average molecular weight is 232 g/mol. The highest BCUT2D eigenvalue weighted by atomic mass is 19.4. The maximum atomic E-state index is 12.6. The quantitative estimate of drug-likeness (QED) is 0.869. The summed E-state index contributed by atoms with van der Waals surface area (Å²) in [6.07, 6.45) is -5.47. The van der Waals surface area contributed by atoms with Gasteiger partial charge >= 0.3 is 12.1 Å². The summed E-state index contributed by atoms with van der Waals surface area (Å²) in [5.41, 5.74) is 0.673. The largest absolute Gasteiger partial charge is 0.481 e. The van der Waals surface area contributed by atoms with Crippen LogP contribution in [0.1, 0.15) is 23.5 Å². The van der Waals surface area contributed by atoms with Crippen LogP contribution in [0.5, 0.6) is 0 Å². The fourth-order valence-electron chi connectivity index (χ4n) is 1.48. The summed E-state index contributed by atoms with van der Waals surface area (Å²) in [7, 11) is 0. The minimum Gasteiger partial charge on any atom is -0.481 e. The van der Waals surface area contributed by atoms with E-state index in [1.54, 1.807) is 13.0 Å². The number of carbonyl (C=O) groups is 1. The topological polar surface area (TPSA) is 37.3 Å². The van der Waals surface area contributed by atoms with E-state index in [2.05, 4.69) is 0 Å². The van der Waals surface area contributed by atoms with Crippen LogP contribution in [-0.2, 0) is 4.79 Å². The van der Waals surface area contributed by atoms with Gasteiger partial charge in [-0.05, 0) is 12.5 Å². The number of alkyl halides is 3. The molecule has 1 N–H and O–H groups in total. The number of hydrogen-bond acceptors (Lipinski definition) is 1. The Balaban J connectivity index is 3.06. The molecule has 0 spiro atoms. The first kappa shape index (κ1) is 12.5. The molecular formula is C11H11F3O2. The Morgan fingerprint density at radius 2 is 2.06 bits per heavy atom. The van der Waals surface area contributed by atoms with Crippen LogP contribution in [0.3, 0.4) is 0 Å². The van der Waals surface area contributed by atoms with Gasteiger partial charge in [0.05, 0.1) is 12.3 Å². The number of hydrogen-bond donors (Lipinski definition) is 1. The van der Waals surface area contributed by atoms with Crippen molar-refractivity contribution in [2.24, 2.45) is 0 Å². The Morgan fingerprint density at radius 3 is 2.50 bits per heavy atom. The van der Waals surface area contributed by atoms with E-state index in [0.717, 1.165) is 0 Å². The van der Waals surface area contributed by atoms with Gasteiger partial charge in [0.2, 0.25) is 0 Å². The standard InChI is InChI=1S/C11H11F3O2/c1-7-3-2-4-8(5-7)9(6-10(15)16)11(12,13)14/h2-5,9H,6H2,1H3,(H,15,16). The highest BCUT2D eigenvalue weighted by molar-refractivity contribution is 5.68. The zero-order chi connectivity index (χ0) is 12.3. The van der Waals surface area contributed by atoms with Crippen molar-refractivity contribution in [1.82, 2.24) is 0 Å². The molecule has 2 nitrogen and oxygen atoms in total. The third-order valence-electron chi connectivity index (χ3n) is 2.22. The fraction of sp³-hybridized carbons (Fsp3) is 0.364. The van der Waals surface area contributed by atoms with Crippen LogP contribution in [-0.4, -0.2) is 17.3 Å². The van der Waals surface area contributed by atoms with Crippen LogP contribution in [0.25, 0.3) is 0 Å². The molecule has 0 heterocycles. The summed E-state index contributed by atoms with van der Waals surface area (Å²) in [6.45, 7) is 1.66. The summed E-state index contributed by atoms with van der Waals surface area (Å²) in [6, 6.07) is 5.82. The molecule has 0 aliphatic rings. The molecule has 0 amide bonds. The van der Waals surface area contributed by atoms with E-state index in [0.29, 0.717) is 5.56 Å². The van der Waals surface area contributed by atoms with Gasteiger partial charge < -0.3 is 5.11 Å². The van der Waals surface area contributed by atoms with Crippen molar-refractivity contribution in [2.45, 2.75) is 25.4 Å². The van der Waals surface area contributed by atoms with Crippen molar-refractivity contribution in [3.8, 4) is 0 Å². The Morgan fingerprint density at radius 1 is 1.44 bits per heavy atom. The molecule has 0 saturated heterocycles. The number of aliphatic carboxylic acids is 1. The van der Waals surface area contributed by atoms with Crippen LogP contribution in [0.15, 0.2) is 24.3 Å². The zero-order valence-electron chi connectivity index (χ0n) is 8.58. The number of aryl methyl sites for hydroxylation is 1. The number of rotatable bonds is 3. The molecule has 0 saturated carbocycles. The molecule has 88 valence electrons. The Kier molecular flexibility index (Phi) is 3.57. The Bertz CT molecular complexity index is 385. The van der Waals surface area contributed by atoms with Gasteiger partial charge in [-0.3, -0.25) is 4.79 Å². The van der Waals surface area contributed by atoms with E-state index >= 15 is 0 Å². The highest BCUT2D eigenvalue weighted by Crippen LogP contribution is 2.37. The maximum Gasteiger partial charge on any atom is 0.396 e. The van der Waals surface area contributed by atoms with Gasteiger partial charge in [0.1, 0.15) is 0 Å². The van der Waals surface area contributed by atoms with Gasteiger partial charge in [0.25, 0.3) is 0 Å². The van der Waals surface area contributed by atoms with Crippen molar-refractivity contribution in [3.63, 3.8) is 0 Å². The zero-order valence-corrected chi connectivity index (χ0v) is 8.58. The molecule has 1 aromatic rings. The molecule has 0 radical (unpaired) electrons. The van der Waals surface area contributed by atoms with Crippen LogP contribution in [0.2, 0.25) is 0 Å². The van der Waals surface area contributed by atoms with Crippen LogP contribution < -0.4 is 0 Å². The number of benzene rings is 1. The molecule has 5 heteroatoms. The first-order chi connectivity index (χ1) is 7.30. The Hall–Kier alpha value is -1.52. The second-order valence-electron chi connectivity index (χ2n) is 3.61. The smallest absolute Gasteiger partial charge is 0.396 e. The summed E-state index contributed by atoms with van der Waals surface area (Å²) in [5, 5.41) is 8.48. The van der Waals surface area contributed by atoms with E-state index < -0.39 is 24.5 Å². The van der Waals surface area contributed by atoms with Crippen molar-refractivity contribution in [3.05, 3.63) is 35.4 Å². The molecule has 0 bridgehead atoms. The van der Waals surface area contributed by atoms with Crippen molar-refractivity contribution in [2.75, 3.05) is 0 Å². The summed E-state index contributed by atoms with van der Waals surface area (Å²) < 4.78 is 37.9. The normalized spacial score (nSPS) is 13.5. The van der Waals surface area contributed by atoms with Crippen LogP contribution in [0.4, 0.5) is 13.2 Å². The molecular weight excluding hydrogens is 221 g/mol. The summed E-state index contributed by atoms with van der Waals surface area (Å²) in [4.78, 5) is 10.4. The van der Waals surface area contributed by atoms with Gasteiger partial charge in [-0.25, -0.2) is 0 Å². The van der Waals surface area contributed by atoms with Gasteiger partial charge in [-0.15, -0.1) is 0 Å². The van der Waals surface area contributed by atoms with Crippen molar-refractivity contribution < 1.29 is 23.1 Å². The lowest BCUT2D eigenvalue weighted by molar-refractivity contribution is -0.163. The third-order valence-corrected chi connectivity index (χ3v) is 2.22. The van der Waals surface area contributed by atoms with Gasteiger partial charge in [-0.1, -0.05) is 29.8 Å². The molecule has 16 heavy (non-hydrogen) atoms. The molecule has 0 fully saturated rings. The second kappa shape index (κ2) is 4.55. The molecule has 1 unspecified atom stereocenters. The molecule has 1 aromatic carbocycles. The predicted molar refractivity (Wildman–Crippen MR) is 52.2 cm³/mol. The van der Waals surface area contributed by atoms with Crippen LogP contribution >= 0.6 is 0 Å². The molecule has 0 aromatic heterocycles. The minimum absolute atomic E-state index is 0.00472. The lowest BCUT2D eigenvalue weighted by atomic mass is 9.94. The average Bonchev–Trinajstić information content (AvgIpc) is 2.12. The van der Waals surface area contributed by atoms with Crippen molar-refractivity contribution >= 4 is 5.97 Å². The monoisotopic (exact) mass is 232 g/mol. The highest BCUT2D eigenvalue weighted by Gasteiger charge is 2.41. The van der Waals surface area contributed by atoms with Crippen LogP contribution in [0, 0.1) is 6.92 Å².